The second-order valence-electron chi connectivity index (χ2n) is 4.35. The van der Waals surface area contributed by atoms with Gasteiger partial charge in [-0.2, -0.15) is 0 Å². The van der Waals surface area contributed by atoms with E-state index in [2.05, 4.69) is 42.1 Å². The Bertz CT molecular complexity index is 344. The van der Waals surface area contributed by atoms with Crippen LogP contribution in [0.5, 0.6) is 0 Å². The fraction of sp³-hybridized carbons (Fsp3) is 0.667. The molecule has 0 aliphatic carbocycles. The summed E-state index contributed by atoms with van der Waals surface area (Å²) in [6.45, 7) is 10.2. The van der Waals surface area contributed by atoms with Gasteiger partial charge in [-0.1, -0.05) is 38.6 Å². The van der Waals surface area contributed by atoms with E-state index in [9.17, 15) is 0 Å². The van der Waals surface area contributed by atoms with E-state index < -0.39 is 0 Å². The number of hydrogen-bond donors (Lipinski definition) is 0. The lowest BCUT2D eigenvalue weighted by molar-refractivity contribution is 0.678. The normalized spacial score (nSPS) is 13.1. The monoisotopic (exact) mass is 239 g/mol. The maximum absolute atomic E-state index is 4.24. The minimum absolute atomic E-state index is 0.426. The Labute approximate surface area is 102 Å². The molecule has 3 nitrogen and oxygen atoms in total. The molecule has 1 rings (SSSR count). The standard InChI is InChI=1S/C12H21N3S/c1-6-7-8-10(4)16-12-14-13-11(9(2)3)15(12)5/h6,9-10H,1,7-8H2,2-5H3/t10-/m1/s1. The molecule has 0 saturated carbocycles. The molecule has 1 aromatic rings. The van der Waals surface area contributed by atoms with Crippen LogP contribution in [0.25, 0.3) is 0 Å². The number of nitrogens with zero attached hydrogens (tertiary/aromatic N) is 3. The first-order chi connectivity index (χ1) is 7.56. The maximum Gasteiger partial charge on any atom is 0.191 e. The third kappa shape index (κ3) is 3.37. The summed E-state index contributed by atoms with van der Waals surface area (Å²) in [7, 11) is 2.04. The van der Waals surface area contributed by atoms with Crippen molar-refractivity contribution in [1.29, 1.82) is 0 Å². The van der Waals surface area contributed by atoms with E-state index in [4.69, 9.17) is 0 Å². The van der Waals surface area contributed by atoms with Crippen LogP contribution < -0.4 is 0 Å². The summed E-state index contributed by atoms with van der Waals surface area (Å²) in [4.78, 5) is 0. The first kappa shape index (κ1) is 13.3. The van der Waals surface area contributed by atoms with Gasteiger partial charge in [0.2, 0.25) is 0 Å². The Kier molecular flexibility index (Phi) is 5.06. The molecule has 0 spiro atoms. The number of rotatable bonds is 6. The van der Waals surface area contributed by atoms with Gasteiger partial charge in [-0.25, -0.2) is 0 Å². The molecule has 0 fully saturated rings. The molecule has 0 aliphatic rings. The predicted octanol–water partition coefficient (Wildman–Crippen LogP) is 3.39. The molecule has 1 aromatic heterocycles. The minimum atomic E-state index is 0.426. The van der Waals surface area contributed by atoms with Crippen LogP contribution in [0.15, 0.2) is 17.8 Å². The molecule has 0 aliphatic heterocycles. The van der Waals surface area contributed by atoms with E-state index in [0.29, 0.717) is 11.2 Å². The highest BCUT2D eigenvalue weighted by Crippen LogP contribution is 2.25. The van der Waals surface area contributed by atoms with Gasteiger partial charge in [0.05, 0.1) is 0 Å². The van der Waals surface area contributed by atoms with E-state index >= 15 is 0 Å². The van der Waals surface area contributed by atoms with Crippen molar-refractivity contribution < 1.29 is 0 Å². The molecular formula is C12H21N3S. The second kappa shape index (κ2) is 6.09. The fourth-order valence-electron chi connectivity index (χ4n) is 1.52. The van der Waals surface area contributed by atoms with Crippen LogP contribution in [0.1, 0.15) is 45.4 Å². The Balaban J connectivity index is 2.63. The third-order valence-corrected chi connectivity index (χ3v) is 3.67. The summed E-state index contributed by atoms with van der Waals surface area (Å²) in [6.07, 6.45) is 4.16. The van der Waals surface area contributed by atoms with Crippen LogP contribution in [-0.4, -0.2) is 20.0 Å². The third-order valence-electron chi connectivity index (χ3n) is 2.47. The molecule has 90 valence electrons. The van der Waals surface area contributed by atoms with E-state index in [0.717, 1.165) is 23.8 Å². The summed E-state index contributed by atoms with van der Waals surface area (Å²) in [5, 5.41) is 10.0. The van der Waals surface area contributed by atoms with Crippen molar-refractivity contribution in [3.8, 4) is 0 Å². The number of aromatic nitrogens is 3. The Morgan fingerprint density at radius 2 is 2.06 bits per heavy atom. The average Bonchev–Trinajstić information content (AvgIpc) is 2.57. The summed E-state index contributed by atoms with van der Waals surface area (Å²) < 4.78 is 2.10. The van der Waals surface area contributed by atoms with Gasteiger partial charge in [-0.05, 0) is 12.8 Å². The molecule has 0 saturated heterocycles. The van der Waals surface area contributed by atoms with Gasteiger partial charge in [0.25, 0.3) is 0 Å². The molecule has 1 heterocycles. The molecule has 0 amide bonds. The van der Waals surface area contributed by atoms with Gasteiger partial charge in [0, 0.05) is 18.2 Å². The molecule has 4 heteroatoms. The highest BCUT2D eigenvalue weighted by atomic mass is 32.2. The number of thioether (sulfide) groups is 1. The van der Waals surface area contributed by atoms with Crippen LogP contribution in [0.4, 0.5) is 0 Å². The highest BCUT2D eigenvalue weighted by molar-refractivity contribution is 7.99. The Morgan fingerprint density at radius 3 is 2.56 bits per heavy atom. The molecule has 16 heavy (non-hydrogen) atoms. The Hall–Kier alpha value is -0.770. The first-order valence-electron chi connectivity index (χ1n) is 5.73. The van der Waals surface area contributed by atoms with Crippen LogP contribution in [-0.2, 0) is 7.05 Å². The van der Waals surface area contributed by atoms with Crippen molar-refractivity contribution in [2.75, 3.05) is 0 Å². The SMILES string of the molecule is C=CCC[C@@H](C)Sc1nnc(C(C)C)n1C. The minimum Gasteiger partial charge on any atom is -0.309 e. The van der Waals surface area contributed by atoms with Crippen LogP contribution in [0.2, 0.25) is 0 Å². The van der Waals surface area contributed by atoms with Gasteiger partial charge < -0.3 is 4.57 Å². The van der Waals surface area contributed by atoms with Crippen LogP contribution in [0.3, 0.4) is 0 Å². The second-order valence-corrected chi connectivity index (χ2v) is 5.75. The molecule has 0 radical (unpaired) electrons. The molecule has 1 atom stereocenters. The van der Waals surface area contributed by atoms with E-state index in [1.807, 2.05) is 13.1 Å². The summed E-state index contributed by atoms with van der Waals surface area (Å²) in [5.74, 6) is 1.48. The zero-order valence-electron chi connectivity index (χ0n) is 10.6. The molecule has 0 aromatic carbocycles. The lowest BCUT2D eigenvalue weighted by Crippen LogP contribution is -2.03. The lowest BCUT2D eigenvalue weighted by atomic mass is 10.2. The van der Waals surface area contributed by atoms with Crippen molar-refractivity contribution in [2.24, 2.45) is 7.05 Å². The fourth-order valence-corrected chi connectivity index (χ4v) is 2.48. The molecule has 0 unspecified atom stereocenters. The average molecular weight is 239 g/mol. The van der Waals surface area contributed by atoms with Crippen molar-refractivity contribution >= 4 is 11.8 Å². The molecular weight excluding hydrogens is 218 g/mol. The van der Waals surface area contributed by atoms with Gasteiger partial charge in [0.15, 0.2) is 5.16 Å². The smallest absolute Gasteiger partial charge is 0.191 e. The van der Waals surface area contributed by atoms with Crippen molar-refractivity contribution in [1.82, 2.24) is 14.8 Å². The van der Waals surface area contributed by atoms with E-state index in [-0.39, 0.29) is 0 Å². The molecule has 0 bridgehead atoms. The van der Waals surface area contributed by atoms with Gasteiger partial charge in [0.1, 0.15) is 5.82 Å². The van der Waals surface area contributed by atoms with Crippen LogP contribution >= 0.6 is 11.8 Å². The van der Waals surface area contributed by atoms with E-state index in [1.165, 1.54) is 0 Å². The number of allylic oxidation sites excluding steroid dienone is 1. The van der Waals surface area contributed by atoms with Gasteiger partial charge in [-0.3, -0.25) is 0 Å². The maximum atomic E-state index is 4.24. The predicted molar refractivity (Wildman–Crippen MR) is 69.8 cm³/mol. The van der Waals surface area contributed by atoms with Gasteiger partial charge in [-0.15, -0.1) is 16.8 Å². The Morgan fingerprint density at radius 1 is 1.38 bits per heavy atom. The topological polar surface area (TPSA) is 30.7 Å². The first-order valence-corrected chi connectivity index (χ1v) is 6.61. The lowest BCUT2D eigenvalue weighted by Gasteiger charge is -2.10. The summed E-state index contributed by atoms with van der Waals surface area (Å²) in [5.41, 5.74) is 0. The zero-order valence-corrected chi connectivity index (χ0v) is 11.4. The van der Waals surface area contributed by atoms with Crippen LogP contribution in [0, 0.1) is 0 Å². The summed E-state index contributed by atoms with van der Waals surface area (Å²) >= 11 is 1.79. The quantitative estimate of drug-likeness (QED) is 0.563. The highest BCUT2D eigenvalue weighted by Gasteiger charge is 2.14. The van der Waals surface area contributed by atoms with Crippen molar-refractivity contribution in [3.63, 3.8) is 0 Å². The van der Waals surface area contributed by atoms with Crippen molar-refractivity contribution in [2.45, 2.75) is 49.9 Å². The summed E-state index contributed by atoms with van der Waals surface area (Å²) in [6, 6.07) is 0. The van der Waals surface area contributed by atoms with Gasteiger partial charge >= 0.3 is 0 Å². The largest absolute Gasteiger partial charge is 0.309 e. The van der Waals surface area contributed by atoms with Crippen molar-refractivity contribution in [3.05, 3.63) is 18.5 Å². The number of hydrogen-bond acceptors (Lipinski definition) is 3. The molecule has 0 N–H and O–H groups in total. The van der Waals surface area contributed by atoms with E-state index in [1.54, 1.807) is 11.8 Å². The zero-order chi connectivity index (χ0) is 12.1.